The van der Waals surface area contributed by atoms with Crippen LogP contribution in [0.1, 0.15) is 21.6 Å². The van der Waals surface area contributed by atoms with E-state index in [4.69, 9.17) is 9.47 Å². The summed E-state index contributed by atoms with van der Waals surface area (Å²) in [6, 6.07) is 11.3. The average Bonchev–Trinajstić information content (AvgIpc) is 3.12. The van der Waals surface area contributed by atoms with Gasteiger partial charge in [-0.1, -0.05) is 17.7 Å². The minimum absolute atomic E-state index is 0.00972. The Labute approximate surface area is 172 Å². The average molecular weight is 402 g/mol. The van der Waals surface area contributed by atoms with E-state index in [-0.39, 0.29) is 18.4 Å². The molecule has 1 heterocycles. The molecule has 0 saturated carbocycles. The monoisotopic (exact) mass is 401 g/mol. The molecule has 1 aromatic heterocycles. The third kappa shape index (κ3) is 6.73. The molecule has 0 N–H and O–H groups in total. The SMILES string of the molecule is COCCN(Cc1cccn1C)C(=O)CN(CCOC)C(=O)c1ccc(C)cc1. The molecule has 2 amide bonds. The fraction of sp³-hybridized carbons (Fsp3) is 0.455. The molecule has 7 heteroatoms. The van der Waals surface area contributed by atoms with Gasteiger partial charge in [-0.15, -0.1) is 0 Å². The third-order valence-electron chi connectivity index (χ3n) is 4.80. The molecule has 0 fully saturated rings. The summed E-state index contributed by atoms with van der Waals surface area (Å²) in [5.41, 5.74) is 2.66. The first kappa shape index (κ1) is 22.6. The van der Waals surface area contributed by atoms with Crippen molar-refractivity contribution < 1.29 is 19.1 Å². The number of rotatable bonds is 11. The molecule has 29 heavy (non-hydrogen) atoms. The number of aryl methyl sites for hydroxylation is 2. The predicted octanol–water partition coefficient (Wildman–Crippen LogP) is 2.10. The van der Waals surface area contributed by atoms with E-state index in [1.54, 1.807) is 36.2 Å². The van der Waals surface area contributed by atoms with Gasteiger partial charge in [-0.2, -0.15) is 0 Å². The molecular formula is C22H31N3O4. The molecular weight excluding hydrogens is 370 g/mol. The van der Waals surface area contributed by atoms with Gasteiger partial charge in [0.05, 0.1) is 19.8 Å². The summed E-state index contributed by atoms with van der Waals surface area (Å²) in [5, 5.41) is 0. The second-order valence-corrected chi connectivity index (χ2v) is 7.00. The number of benzene rings is 1. The Bertz CT molecular complexity index is 786. The molecule has 2 aromatic rings. The molecule has 7 nitrogen and oxygen atoms in total. The van der Waals surface area contributed by atoms with Crippen molar-refractivity contribution in [3.63, 3.8) is 0 Å². The minimum Gasteiger partial charge on any atom is -0.383 e. The largest absolute Gasteiger partial charge is 0.383 e. The molecule has 0 unspecified atom stereocenters. The van der Waals surface area contributed by atoms with Crippen LogP contribution in [-0.4, -0.2) is 73.2 Å². The van der Waals surface area contributed by atoms with Crippen LogP contribution in [0.2, 0.25) is 0 Å². The number of amides is 2. The highest BCUT2D eigenvalue weighted by Gasteiger charge is 2.23. The van der Waals surface area contributed by atoms with Crippen LogP contribution in [0.4, 0.5) is 0 Å². The highest BCUT2D eigenvalue weighted by molar-refractivity contribution is 5.96. The molecule has 0 aliphatic heterocycles. The van der Waals surface area contributed by atoms with E-state index in [1.165, 1.54) is 0 Å². The van der Waals surface area contributed by atoms with E-state index in [9.17, 15) is 9.59 Å². The van der Waals surface area contributed by atoms with Crippen LogP contribution in [-0.2, 0) is 27.9 Å². The molecule has 2 rings (SSSR count). The minimum atomic E-state index is -0.180. The molecule has 0 atom stereocenters. The van der Waals surface area contributed by atoms with Crippen LogP contribution in [0.3, 0.4) is 0 Å². The first-order valence-corrected chi connectivity index (χ1v) is 9.68. The number of hydrogen-bond acceptors (Lipinski definition) is 4. The molecule has 0 aliphatic rings. The van der Waals surface area contributed by atoms with Crippen LogP contribution < -0.4 is 0 Å². The number of carbonyl (C=O) groups excluding carboxylic acids is 2. The molecule has 0 radical (unpaired) electrons. The lowest BCUT2D eigenvalue weighted by Crippen LogP contribution is -2.45. The van der Waals surface area contributed by atoms with Crippen molar-refractivity contribution in [2.75, 3.05) is 47.1 Å². The summed E-state index contributed by atoms with van der Waals surface area (Å²) in [6.07, 6.45) is 1.94. The number of methoxy groups -OCH3 is 2. The first-order valence-electron chi connectivity index (χ1n) is 9.68. The van der Waals surface area contributed by atoms with E-state index in [0.29, 0.717) is 38.4 Å². The van der Waals surface area contributed by atoms with Crippen LogP contribution in [0, 0.1) is 6.92 Å². The summed E-state index contributed by atoms with van der Waals surface area (Å²) in [7, 11) is 5.13. The molecule has 0 saturated heterocycles. The van der Waals surface area contributed by atoms with Gasteiger partial charge >= 0.3 is 0 Å². The zero-order chi connectivity index (χ0) is 21.2. The Kier molecular flexibility index (Phi) is 8.89. The Morgan fingerprint density at radius 2 is 1.59 bits per heavy atom. The topological polar surface area (TPSA) is 64.0 Å². The highest BCUT2D eigenvalue weighted by atomic mass is 16.5. The molecule has 0 aliphatic carbocycles. The van der Waals surface area contributed by atoms with Crippen molar-refractivity contribution >= 4 is 11.8 Å². The fourth-order valence-corrected chi connectivity index (χ4v) is 2.95. The van der Waals surface area contributed by atoms with Crippen molar-refractivity contribution in [2.45, 2.75) is 13.5 Å². The Morgan fingerprint density at radius 1 is 0.966 bits per heavy atom. The Balaban J connectivity index is 2.14. The van der Waals surface area contributed by atoms with Crippen molar-refractivity contribution in [2.24, 2.45) is 7.05 Å². The highest BCUT2D eigenvalue weighted by Crippen LogP contribution is 2.10. The van der Waals surface area contributed by atoms with Gasteiger partial charge in [-0.3, -0.25) is 9.59 Å². The third-order valence-corrected chi connectivity index (χ3v) is 4.80. The van der Waals surface area contributed by atoms with Crippen molar-refractivity contribution in [3.8, 4) is 0 Å². The smallest absolute Gasteiger partial charge is 0.254 e. The lowest BCUT2D eigenvalue weighted by Gasteiger charge is -2.28. The van der Waals surface area contributed by atoms with E-state index < -0.39 is 0 Å². The van der Waals surface area contributed by atoms with Crippen LogP contribution in [0.5, 0.6) is 0 Å². The number of carbonyl (C=O) groups is 2. The van der Waals surface area contributed by atoms with Gasteiger partial charge in [0.15, 0.2) is 0 Å². The van der Waals surface area contributed by atoms with E-state index in [1.807, 2.05) is 49.0 Å². The Morgan fingerprint density at radius 3 is 2.14 bits per heavy atom. The summed E-state index contributed by atoms with van der Waals surface area (Å²) in [5.74, 6) is -0.305. The van der Waals surface area contributed by atoms with Gasteiger partial charge in [-0.25, -0.2) is 0 Å². The van der Waals surface area contributed by atoms with Crippen LogP contribution in [0.15, 0.2) is 42.6 Å². The molecule has 0 bridgehead atoms. The number of aromatic nitrogens is 1. The quantitative estimate of drug-likeness (QED) is 0.578. The van der Waals surface area contributed by atoms with E-state index in [2.05, 4.69) is 0 Å². The van der Waals surface area contributed by atoms with Crippen molar-refractivity contribution in [1.82, 2.24) is 14.4 Å². The van der Waals surface area contributed by atoms with Gasteiger partial charge < -0.3 is 23.8 Å². The molecule has 0 spiro atoms. The van der Waals surface area contributed by atoms with Gasteiger partial charge in [0, 0.05) is 51.8 Å². The fourth-order valence-electron chi connectivity index (χ4n) is 2.95. The summed E-state index contributed by atoms with van der Waals surface area (Å²) >= 11 is 0. The lowest BCUT2D eigenvalue weighted by molar-refractivity contribution is -0.133. The normalized spacial score (nSPS) is 10.8. The van der Waals surface area contributed by atoms with Crippen LogP contribution >= 0.6 is 0 Å². The maximum absolute atomic E-state index is 13.1. The van der Waals surface area contributed by atoms with Gasteiger partial charge in [0.25, 0.3) is 5.91 Å². The second kappa shape index (κ2) is 11.4. The standard InChI is InChI=1S/C22H31N3O4/c1-18-7-9-19(10-8-18)22(27)25(13-15-29-4)17-21(26)24(12-14-28-3)16-20-6-5-11-23(20)2/h5-11H,12-17H2,1-4H3. The molecule has 158 valence electrons. The van der Waals surface area contributed by atoms with Crippen molar-refractivity contribution in [1.29, 1.82) is 0 Å². The second-order valence-electron chi connectivity index (χ2n) is 7.00. The van der Waals surface area contributed by atoms with E-state index in [0.717, 1.165) is 11.3 Å². The maximum atomic E-state index is 13.1. The lowest BCUT2D eigenvalue weighted by atomic mass is 10.1. The zero-order valence-electron chi connectivity index (χ0n) is 17.8. The Hall–Kier alpha value is -2.64. The maximum Gasteiger partial charge on any atom is 0.254 e. The number of hydrogen-bond donors (Lipinski definition) is 0. The number of ether oxygens (including phenoxy) is 2. The van der Waals surface area contributed by atoms with Crippen molar-refractivity contribution in [3.05, 3.63) is 59.4 Å². The van der Waals surface area contributed by atoms with Gasteiger partial charge in [0.2, 0.25) is 5.91 Å². The van der Waals surface area contributed by atoms with Gasteiger partial charge in [-0.05, 0) is 31.2 Å². The molecule has 1 aromatic carbocycles. The summed E-state index contributed by atoms with van der Waals surface area (Å²) in [6.45, 7) is 4.01. The van der Waals surface area contributed by atoms with Crippen LogP contribution in [0.25, 0.3) is 0 Å². The summed E-state index contributed by atoms with van der Waals surface area (Å²) < 4.78 is 12.3. The predicted molar refractivity (Wildman–Crippen MR) is 112 cm³/mol. The van der Waals surface area contributed by atoms with E-state index >= 15 is 0 Å². The first-order chi connectivity index (χ1) is 14.0. The number of nitrogens with zero attached hydrogens (tertiary/aromatic N) is 3. The zero-order valence-corrected chi connectivity index (χ0v) is 17.8. The summed E-state index contributed by atoms with van der Waals surface area (Å²) in [4.78, 5) is 29.3. The van der Waals surface area contributed by atoms with Gasteiger partial charge in [0.1, 0.15) is 6.54 Å².